The Labute approximate surface area is 182 Å². The van der Waals surface area contributed by atoms with Crippen LogP contribution in [-0.2, 0) is 10.0 Å². The molecular formula is C24H25N3O3S. The predicted molar refractivity (Wildman–Crippen MR) is 125 cm³/mol. The number of nitrogens with zero attached hydrogens (tertiary/aromatic N) is 3. The van der Waals surface area contributed by atoms with Crippen molar-refractivity contribution in [3.63, 3.8) is 0 Å². The highest BCUT2D eigenvalue weighted by Gasteiger charge is 2.41. The van der Waals surface area contributed by atoms with E-state index in [9.17, 15) is 13.5 Å². The summed E-state index contributed by atoms with van der Waals surface area (Å²) >= 11 is 0. The van der Waals surface area contributed by atoms with Gasteiger partial charge in [-0.2, -0.15) is 5.10 Å². The molecule has 160 valence electrons. The Morgan fingerprint density at radius 1 is 1.16 bits per heavy atom. The van der Waals surface area contributed by atoms with Gasteiger partial charge in [0.25, 0.3) is 10.0 Å². The molecule has 0 bridgehead atoms. The molecule has 4 rings (SSSR count). The molecule has 0 radical (unpaired) electrons. The summed E-state index contributed by atoms with van der Waals surface area (Å²) in [5, 5.41) is 18.2. The van der Waals surface area contributed by atoms with E-state index in [0.29, 0.717) is 23.2 Å². The number of hydrazone groups is 1. The SMILES string of the molecule is C=C(/C=N/N(C)C)CC1c2c(O)ccc3cccc(c23)N1S(=O)(=O)c1ccc(C)cc1. The van der Waals surface area contributed by atoms with E-state index >= 15 is 0 Å². The maximum Gasteiger partial charge on any atom is 0.264 e. The molecule has 0 fully saturated rings. The lowest BCUT2D eigenvalue weighted by molar-refractivity contribution is 0.440. The van der Waals surface area contributed by atoms with Crippen molar-refractivity contribution in [2.75, 3.05) is 18.4 Å². The first kappa shape index (κ1) is 20.9. The van der Waals surface area contributed by atoms with Crippen LogP contribution in [0.1, 0.15) is 23.6 Å². The van der Waals surface area contributed by atoms with Crippen molar-refractivity contribution in [1.29, 1.82) is 0 Å². The summed E-state index contributed by atoms with van der Waals surface area (Å²) in [5.41, 5.74) is 2.80. The van der Waals surface area contributed by atoms with E-state index in [-0.39, 0.29) is 10.6 Å². The van der Waals surface area contributed by atoms with Crippen LogP contribution in [0.3, 0.4) is 0 Å². The van der Waals surface area contributed by atoms with E-state index in [4.69, 9.17) is 0 Å². The Kier molecular flexibility index (Phi) is 5.23. The Morgan fingerprint density at radius 2 is 1.87 bits per heavy atom. The second kappa shape index (κ2) is 7.74. The van der Waals surface area contributed by atoms with E-state index in [1.807, 2.05) is 19.1 Å². The lowest BCUT2D eigenvalue weighted by Gasteiger charge is -2.28. The third-order valence-electron chi connectivity index (χ3n) is 5.40. The summed E-state index contributed by atoms with van der Waals surface area (Å²) in [6.07, 6.45) is 1.92. The van der Waals surface area contributed by atoms with Crippen LogP contribution in [0.4, 0.5) is 5.69 Å². The Hall–Kier alpha value is -3.32. The lowest BCUT2D eigenvalue weighted by atomic mass is 9.97. The largest absolute Gasteiger partial charge is 0.508 e. The fourth-order valence-electron chi connectivity index (χ4n) is 3.99. The van der Waals surface area contributed by atoms with Crippen LogP contribution < -0.4 is 4.31 Å². The van der Waals surface area contributed by atoms with E-state index < -0.39 is 16.1 Å². The number of hydrogen-bond donors (Lipinski definition) is 1. The van der Waals surface area contributed by atoms with Crippen LogP contribution in [0.25, 0.3) is 10.8 Å². The number of rotatable bonds is 6. The third kappa shape index (κ3) is 3.65. The Bertz CT molecular complexity index is 1300. The molecule has 1 atom stereocenters. The van der Waals surface area contributed by atoms with Gasteiger partial charge in [0, 0.05) is 31.3 Å². The molecule has 0 aliphatic carbocycles. The van der Waals surface area contributed by atoms with Crippen molar-refractivity contribution < 1.29 is 13.5 Å². The maximum absolute atomic E-state index is 13.8. The van der Waals surface area contributed by atoms with Crippen LogP contribution in [0.5, 0.6) is 5.75 Å². The molecule has 7 heteroatoms. The van der Waals surface area contributed by atoms with Gasteiger partial charge < -0.3 is 10.1 Å². The van der Waals surface area contributed by atoms with Gasteiger partial charge in [0.05, 0.1) is 16.6 Å². The third-order valence-corrected chi connectivity index (χ3v) is 7.24. The highest BCUT2D eigenvalue weighted by atomic mass is 32.2. The molecular weight excluding hydrogens is 410 g/mol. The zero-order valence-electron chi connectivity index (χ0n) is 17.8. The molecule has 1 aliphatic heterocycles. The fraction of sp³-hybridized carbons (Fsp3) is 0.208. The van der Waals surface area contributed by atoms with Crippen molar-refractivity contribution in [2.45, 2.75) is 24.3 Å². The standard InChI is InChI=1S/C24H25N3O3S/c1-16-8-11-19(12-9-16)31(29,30)27-20-7-5-6-18-10-13-22(28)24(23(18)20)21(27)14-17(2)15-25-26(3)4/h5-13,15,21,28H,2,14H2,1,3-4H3/b25-15+. The molecule has 6 nitrogen and oxygen atoms in total. The predicted octanol–water partition coefficient (Wildman–Crippen LogP) is 4.60. The molecule has 0 amide bonds. The van der Waals surface area contributed by atoms with Crippen molar-refractivity contribution in [1.82, 2.24) is 5.01 Å². The molecule has 3 aromatic rings. The lowest BCUT2D eigenvalue weighted by Crippen LogP contribution is -2.32. The van der Waals surface area contributed by atoms with E-state index in [0.717, 1.165) is 16.3 Å². The van der Waals surface area contributed by atoms with Gasteiger partial charge in [-0.25, -0.2) is 8.42 Å². The van der Waals surface area contributed by atoms with Gasteiger partial charge in [0.1, 0.15) is 5.75 Å². The van der Waals surface area contributed by atoms with E-state index in [1.54, 1.807) is 67.8 Å². The van der Waals surface area contributed by atoms with Crippen molar-refractivity contribution >= 4 is 32.7 Å². The zero-order chi connectivity index (χ0) is 22.3. The van der Waals surface area contributed by atoms with Gasteiger partial charge >= 0.3 is 0 Å². The first-order chi connectivity index (χ1) is 14.7. The molecule has 0 aromatic heterocycles. The van der Waals surface area contributed by atoms with Crippen LogP contribution in [0.15, 0.2) is 76.7 Å². The minimum Gasteiger partial charge on any atom is -0.508 e. The van der Waals surface area contributed by atoms with Gasteiger partial charge in [0.15, 0.2) is 0 Å². The molecule has 1 N–H and O–H groups in total. The fourth-order valence-corrected chi connectivity index (χ4v) is 5.62. The maximum atomic E-state index is 13.8. The number of hydrogen-bond acceptors (Lipinski definition) is 5. The van der Waals surface area contributed by atoms with E-state index in [2.05, 4.69) is 11.7 Å². The highest BCUT2D eigenvalue weighted by molar-refractivity contribution is 7.92. The minimum atomic E-state index is -3.89. The second-order valence-electron chi connectivity index (χ2n) is 7.96. The molecule has 1 heterocycles. The molecule has 3 aromatic carbocycles. The van der Waals surface area contributed by atoms with Gasteiger partial charge in [-0.1, -0.05) is 42.5 Å². The summed E-state index contributed by atoms with van der Waals surface area (Å²) in [4.78, 5) is 0.208. The quantitative estimate of drug-likeness (QED) is 0.454. The molecule has 1 unspecified atom stereocenters. The summed E-state index contributed by atoms with van der Waals surface area (Å²) in [6, 6.07) is 15.1. The summed E-state index contributed by atoms with van der Waals surface area (Å²) in [5.74, 6) is 0.0731. The number of phenols is 1. The van der Waals surface area contributed by atoms with Gasteiger partial charge in [-0.05, 0) is 48.6 Å². The molecule has 0 spiro atoms. The van der Waals surface area contributed by atoms with Crippen molar-refractivity contribution in [3.8, 4) is 5.75 Å². The number of anilines is 1. The minimum absolute atomic E-state index is 0.0731. The normalized spacial score (nSPS) is 15.7. The number of phenolic OH excluding ortho intramolecular Hbond substituents is 1. The first-order valence-electron chi connectivity index (χ1n) is 9.95. The Morgan fingerprint density at radius 3 is 2.55 bits per heavy atom. The van der Waals surface area contributed by atoms with Gasteiger partial charge in [-0.15, -0.1) is 0 Å². The average molecular weight is 436 g/mol. The Balaban J connectivity index is 1.89. The van der Waals surface area contributed by atoms with Crippen LogP contribution in [0.2, 0.25) is 0 Å². The summed E-state index contributed by atoms with van der Waals surface area (Å²) < 4.78 is 29.0. The number of aryl methyl sites for hydroxylation is 1. The highest BCUT2D eigenvalue weighted by Crippen LogP contribution is 2.52. The molecule has 0 saturated carbocycles. The monoisotopic (exact) mass is 435 g/mol. The molecule has 1 aliphatic rings. The van der Waals surface area contributed by atoms with Crippen molar-refractivity contribution in [2.24, 2.45) is 5.10 Å². The topological polar surface area (TPSA) is 73.2 Å². The van der Waals surface area contributed by atoms with Crippen LogP contribution in [-0.4, -0.2) is 38.8 Å². The van der Waals surface area contributed by atoms with Crippen LogP contribution in [0, 0.1) is 6.92 Å². The smallest absolute Gasteiger partial charge is 0.264 e. The summed E-state index contributed by atoms with van der Waals surface area (Å²) in [6.45, 7) is 5.98. The molecule has 31 heavy (non-hydrogen) atoms. The number of aromatic hydroxyl groups is 1. The first-order valence-corrected chi connectivity index (χ1v) is 11.4. The zero-order valence-corrected chi connectivity index (χ0v) is 18.6. The van der Waals surface area contributed by atoms with Gasteiger partial charge in [0.2, 0.25) is 0 Å². The summed E-state index contributed by atoms with van der Waals surface area (Å²) in [7, 11) is -0.283. The average Bonchev–Trinajstić information content (AvgIpc) is 3.06. The molecule has 0 saturated heterocycles. The number of sulfonamides is 1. The second-order valence-corrected chi connectivity index (χ2v) is 9.77. The van der Waals surface area contributed by atoms with Crippen molar-refractivity contribution in [3.05, 3.63) is 77.9 Å². The van der Waals surface area contributed by atoms with Crippen LogP contribution >= 0.6 is 0 Å². The number of benzene rings is 3. The van der Waals surface area contributed by atoms with E-state index in [1.165, 1.54) is 4.31 Å². The van der Waals surface area contributed by atoms with Gasteiger partial charge in [-0.3, -0.25) is 4.31 Å².